The number of nitrogens with one attached hydrogen (secondary N) is 1. The Morgan fingerprint density at radius 3 is 2.76 bits per heavy atom. The van der Waals surface area contributed by atoms with Crippen LogP contribution in [0.5, 0.6) is 5.75 Å². The van der Waals surface area contributed by atoms with Gasteiger partial charge in [0.2, 0.25) is 0 Å². The minimum atomic E-state index is -1.03. The number of para-hydroxylation sites is 1. The Morgan fingerprint density at radius 1 is 1.29 bits per heavy atom. The summed E-state index contributed by atoms with van der Waals surface area (Å²) >= 11 is 0. The molecule has 1 saturated carbocycles. The molecule has 1 aromatic carbocycles. The van der Waals surface area contributed by atoms with Crippen LogP contribution in [0.15, 0.2) is 24.3 Å². The first-order chi connectivity index (χ1) is 10.2. The molecule has 0 atom stereocenters. The van der Waals surface area contributed by atoms with Crippen LogP contribution in [0.25, 0.3) is 0 Å². The first-order valence-corrected chi connectivity index (χ1v) is 6.96. The predicted molar refractivity (Wildman–Crippen MR) is 75.4 cm³/mol. The second-order valence-corrected chi connectivity index (χ2v) is 4.95. The van der Waals surface area contributed by atoms with Gasteiger partial charge in [-0.2, -0.15) is 0 Å². The molecule has 0 unspecified atom stereocenters. The summed E-state index contributed by atoms with van der Waals surface area (Å²) in [7, 11) is 0. The van der Waals surface area contributed by atoms with E-state index in [1.54, 1.807) is 18.2 Å². The number of rotatable bonds is 9. The van der Waals surface area contributed by atoms with Crippen LogP contribution in [0.3, 0.4) is 0 Å². The van der Waals surface area contributed by atoms with Gasteiger partial charge < -0.3 is 19.9 Å². The van der Waals surface area contributed by atoms with Crippen LogP contribution in [0, 0.1) is 5.92 Å². The Kier molecular flexibility index (Phi) is 5.57. The van der Waals surface area contributed by atoms with Crippen molar-refractivity contribution < 1.29 is 24.2 Å². The number of carbonyl (C=O) groups is 2. The maximum atomic E-state index is 12.1. The van der Waals surface area contributed by atoms with E-state index >= 15 is 0 Å². The Morgan fingerprint density at radius 2 is 2.05 bits per heavy atom. The van der Waals surface area contributed by atoms with Crippen LogP contribution in [-0.2, 0) is 9.53 Å². The Bertz CT molecular complexity index is 499. The molecule has 114 valence electrons. The molecular weight excluding hydrogens is 274 g/mol. The number of aliphatic carboxylic acids is 1. The molecule has 0 radical (unpaired) electrons. The summed E-state index contributed by atoms with van der Waals surface area (Å²) in [6.07, 6.45) is 2.38. The first kappa shape index (κ1) is 15.3. The molecule has 1 aliphatic carbocycles. The van der Waals surface area contributed by atoms with Crippen molar-refractivity contribution in [2.24, 2.45) is 5.92 Å². The van der Waals surface area contributed by atoms with Crippen molar-refractivity contribution >= 4 is 11.9 Å². The molecular formula is C15H19NO5. The lowest BCUT2D eigenvalue weighted by molar-refractivity contribution is -0.142. The van der Waals surface area contributed by atoms with Gasteiger partial charge in [-0.15, -0.1) is 0 Å². The van der Waals surface area contributed by atoms with Gasteiger partial charge in [0.25, 0.3) is 5.91 Å². The van der Waals surface area contributed by atoms with Crippen LogP contribution in [0.4, 0.5) is 0 Å². The molecule has 1 aromatic rings. The van der Waals surface area contributed by atoms with E-state index in [9.17, 15) is 9.59 Å². The summed E-state index contributed by atoms with van der Waals surface area (Å²) in [5.41, 5.74) is 0.483. The minimum Gasteiger partial charge on any atom is -0.492 e. The van der Waals surface area contributed by atoms with Gasteiger partial charge in [0.05, 0.1) is 18.8 Å². The normalized spacial score (nSPS) is 13.7. The molecule has 21 heavy (non-hydrogen) atoms. The average molecular weight is 293 g/mol. The van der Waals surface area contributed by atoms with Crippen LogP contribution >= 0.6 is 0 Å². The number of hydrogen-bond donors (Lipinski definition) is 2. The van der Waals surface area contributed by atoms with Crippen molar-refractivity contribution in [3.63, 3.8) is 0 Å². The number of carboxylic acids is 1. The zero-order valence-electron chi connectivity index (χ0n) is 11.7. The highest BCUT2D eigenvalue weighted by Crippen LogP contribution is 2.30. The van der Waals surface area contributed by atoms with E-state index < -0.39 is 5.97 Å². The molecule has 0 spiro atoms. The summed E-state index contributed by atoms with van der Waals surface area (Å²) in [5, 5.41) is 11.1. The van der Waals surface area contributed by atoms with Crippen molar-refractivity contribution in [2.45, 2.75) is 12.8 Å². The summed E-state index contributed by atoms with van der Waals surface area (Å²) in [4.78, 5) is 22.3. The molecule has 1 aliphatic rings. The molecule has 6 heteroatoms. The van der Waals surface area contributed by atoms with E-state index in [1.807, 2.05) is 6.07 Å². The molecule has 2 N–H and O–H groups in total. The fourth-order valence-electron chi connectivity index (χ4n) is 1.76. The van der Waals surface area contributed by atoms with Gasteiger partial charge in [-0.3, -0.25) is 4.79 Å². The minimum absolute atomic E-state index is 0.156. The summed E-state index contributed by atoms with van der Waals surface area (Å²) in [6, 6.07) is 7.09. The lowest BCUT2D eigenvalue weighted by Crippen LogP contribution is -2.28. The van der Waals surface area contributed by atoms with Crippen molar-refractivity contribution in [1.82, 2.24) is 5.32 Å². The standard InChI is InChI=1S/C15H19NO5/c17-14(18)10-20-8-7-16-15(19)12-3-1-2-4-13(12)21-9-11-5-6-11/h1-4,11H,5-10H2,(H,16,19)(H,17,18). The largest absolute Gasteiger partial charge is 0.492 e. The highest BCUT2D eigenvalue weighted by molar-refractivity contribution is 5.96. The summed E-state index contributed by atoms with van der Waals surface area (Å²) in [6.45, 7) is 0.690. The lowest BCUT2D eigenvalue weighted by Gasteiger charge is -2.11. The zero-order valence-corrected chi connectivity index (χ0v) is 11.7. The second-order valence-electron chi connectivity index (χ2n) is 4.95. The highest BCUT2D eigenvalue weighted by atomic mass is 16.5. The van der Waals surface area contributed by atoms with Gasteiger partial charge >= 0.3 is 5.97 Å². The predicted octanol–water partition coefficient (Wildman–Crippen LogP) is 1.31. The van der Waals surface area contributed by atoms with Gasteiger partial charge in [0, 0.05) is 6.54 Å². The van der Waals surface area contributed by atoms with Crippen LogP contribution in [0.2, 0.25) is 0 Å². The number of hydrogen-bond acceptors (Lipinski definition) is 4. The van der Waals surface area contributed by atoms with E-state index in [-0.39, 0.29) is 25.7 Å². The summed E-state index contributed by atoms with van der Waals surface area (Å²) in [5.74, 6) is -0.0839. The first-order valence-electron chi connectivity index (χ1n) is 6.96. The van der Waals surface area contributed by atoms with Gasteiger partial charge in [-0.25, -0.2) is 4.79 Å². The van der Waals surface area contributed by atoms with Gasteiger partial charge in [0.1, 0.15) is 12.4 Å². The highest BCUT2D eigenvalue weighted by Gasteiger charge is 2.22. The van der Waals surface area contributed by atoms with E-state index in [0.717, 1.165) is 0 Å². The van der Waals surface area contributed by atoms with Crippen molar-refractivity contribution in [1.29, 1.82) is 0 Å². The number of carbonyl (C=O) groups excluding carboxylic acids is 1. The van der Waals surface area contributed by atoms with E-state index in [1.165, 1.54) is 12.8 Å². The second kappa shape index (κ2) is 7.64. The molecule has 0 aliphatic heterocycles. The van der Waals surface area contributed by atoms with E-state index in [4.69, 9.17) is 14.6 Å². The zero-order chi connectivity index (χ0) is 15.1. The summed E-state index contributed by atoms with van der Waals surface area (Å²) < 4.78 is 10.5. The number of ether oxygens (including phenoxy) is 2. The van der Waals surface area contributed by atoms with Gasteiger partial charge in [-0.1, -0.05) is 12.1 Å². The molecule has 0 saturated heterocycles. The third kappa shape index (κ3) is 5.43. The van der Waals surface area contributed by atoms with E-state index in [2.05, 4.69) is 5.32 Å². The average Bonchev–Trinajstić information content (AvgIpc) is 3.28. The Hall–Kier alpha value is -2.08. The maximum Gasteiger partial charge on any atom is 0.329 e. The molecule has 0 heterocycles. The Labute approximate surface area is 123 Å². The monoisotopic (exact) mass is 293 g/mol. The Balaban J connectivity index is 1.78. The van der Waals surface area contributed by atoms with Gasteiger partial charge in [0.15, 0.2) is 0 Å². The fourth-order valence-corrected chi connectivity index (χ4v) is 1.76. The van der Waals surface area contributed by atoms with Crippen molar-refractivity contribution in [3.05, 3.63) is 29.8 Å². The fraction of sp³-hybridized carbons (Fsp3) is 0.467. The maximum absolute atomic E-state index is 12.1. The molecule has 6 nitrogen and oxygen atoms in total. The van der Waals surface area contributed by atoms with Crippen molar-refractivity contribution in [3.8, 4) is 5.75 Å². The van der Waals surface area contributed by atoms with Crippen LogP contribution < -0.4 is 10.1 Å². The quantitative estimate of drug-likeness (QED) is 0.670. The molecule has 2 rings (SSSR count). The number of amides is 1. The number of benzene rings is 1. The SMILES string of the molecule is O=C(O)COCCNC(=O)c1ccccc1OCC1CC1. The molecule has 0 aromatic heterocycles. The number of carboxylic acid groups (broad SMARTS) is 1. The van der Waals surface area contributed by atoms with Crippen LogP contribution in [0.1, 0.15) is 23.2 Å². The third-order valence-electron chi connectivity index (χ3n) is 3.06. The smallest absolute Gasteiger partial charge is 0.329 e. The molecule has 0 bridgehead atoms. The third-order valence-corrected chi connectivity index (χ3v) is 3.06. The topological polar surface area (TPSA) is 84.9 Å². The van der Waals surface area contributed by atoms with Crippen molar-refractivity contribution in [2.75, 3.05) is 26.4 Å². The van der Waals surface area contributed by atoms with Gasteiger partial charge in [-0.05, 0) is 30.9 Å². The lowest BCUT2D eigenvalue weighted by atomic mass is 10.2. The van der Waals surface area contributed by atoms with E-state index in [0.29, 0.717) is 23.8 Å². The molecule has 1 fully saturated rings. The van der Waals surface area contributed by atoms with Crippen LogP contribution in [-0.4, -0.2) is 43.3 Å². The molecule has 1 amide bonds.